The molecule has 0 saturated heterocycles. The molecule has 3 rings (SSSR count). The Morgan fingerprint density at radius 2 is 1.77 bits per heavy atom. The first-order valence-corrected chi connectivity index (χ1v) is 8.33. The summed E-state index contributed by atoms with van der Waals surface area (Å²) in [4.78, 5) is 15.6. The third-order valence-electron chi connectivity index (χ3n) is 3.90. The van der Waals surface area contributed by atoms with Crippen molar-refractivity contribution in [1.29, 1.82) is 0 Å². The smallest absolute Gasteiger partial charge is 0.335 e. The fraction of sp³-hybridized carbons (Fsp3) is 0.0909. The highest BCUT2D eigenvalue weighted by molar-refractivity contribution is 5.89. The molecule has 0 aliphatic heterocycles. The van der Waals surface area contributed by atoms with Gasteiger partial charge in [-0.3, -0.25) is 0 Å². The number of allylic oxidation sites excluding steroid dienone is 1. The highest BCUT2D eigenvalue weighted by Gasteiger charge is 2.07. The lowest BCUT2D eigenvalue weighted by Crippen LogP contribution is -2.01. The lowest BCUT2D eigenvalue weighted by atomic mass is 10.0. The van der Waals surface area contributed by atoms with Crippen LogP contribution in [0.25, 0.3) is 6.08 Å². The quantitative estimate of drug-likeness (QED) is 0.679. The predicted molar refractivity (Wildman–Crippen MR) is 101 cm³/mol. The largest absolute Gasteiger partial charge is 0.478 e. The second kappa shape index (κ2) is 8.62. The zero-order valence-corrected chi connectivity index (χ0v) is 14.2. The minimum absolute atomic E-state index is 0.323. The summed E-state index contributed by atoms with van der Waals surface area (Å²) in [7, 11) is 0. The zero-order chi connectivity index (χ0) is 18.2. The Kier molecular flexibility index (Phi) is 5.78. The number of aromatic nitrogens is 1. The van der Waals surface area contributed by atoms with E-state index in [1.54, 1.807) is 18.3 Å². The van der Waals surface area contributed by atoms with Crippen LogP contribution in [0.15, 0.2) is 79.0 Å². The lowest BCUT2D eigenvalue weighted by molar-refractivity contribution is 0.0696. The van der Waals surface area contributed by atoms with Crippen LogP contribution in [0.2, 0.25) is 0 Å². The predicted octanol–water partition coefficient (Wildman–Crippen LogP) is 4.61. The first kappa shape index (κ1) is 17.4. The van der Waals surface area contributed by atoms with E-state index in [1.165, 1.54) is 0 Å². The van der Waals surface area contributed by atoms with Gasteiger partial charge in [-0.15, -0.1) is 0 Å². The molecule has 0 spiro atoms. The van der Waals surface area contributed by atoms with Crippen LogP contribution in [0.3, 0.4) is 0 Å². The van der Waals surface area contributed by atoms with Gasteiger partial charge in [0.15, 0.2) is 0 Å². The maximum atomic E-state index is 11.3. The molecule has 0 amide bonds. The Morgan fingerprint density at radius 3 is 2.58 bits per heavy atom. The minimum atomic E-state index is -0.915. The van der Waals surface area contributed by atoms with Crippen molar-refractivity contribution < 1.29 is 14.6 Å². The van der Waals surface area contributed by atoms with Crippen molar-refractivity contribution in [3.8, 4) is 5.88 Å². The molecule has 1 N–H and O–H groups in total. The van der Waals surface area contributed by atoms with Gasteiger partial charge in [0, 0.05) is 11.8 Å². The maximum Gasteiger partial charge on any atom is 0.335 e. The molecule has 0 unspecified atom stereocenters. The lowest BCUT2D eigenvalue weighted by Gasteiger charge is -2.08. The molecule has 26 heavy (non-hydrogen) atoms. The van der Waals surface area contributed by atoms with Gasteiger partial charge < -0.3 is 9.84 Å². The Hall–Kier alpha value is -3.40. The van der Waals surface area contributed by atoms with Crippen LogP contribution in [-0.2, 0) is 13.0 Å². The zero-order valence-electron chi connectivity index (χ0n) is 14.2. The Balaban J connectivity index is 1.70. The van der Waals surface area contributed by atoms with Gasteiger partial charge in [-0.2, -0.15) is 0 Å². The molecular weight excluding hydrogens is 326 g/mol. The van der Waals surface area contributed by atoms with Gasteiger partial charge in [0.1, 0.15) is 6.61 Å². The van der Waals surface area contributed by atoms with Crippen molar-refractivity contribution in [3.63, 3.8) is 0 Å². The molecule has 0 bridgehead atoms. The third kappa shape index (κ3) is 4.57. The summed E-state index contributed by atoms with van der Waals surface area (Å²) in [5.41, 5.74) is 3.02. The number of carbonyl (C=O) groups is 1. The van der Waals surface area contributed by atoms with Crippen LogP contribution >= 0.6 is 0 Å². The van der Waals surface area contributed by atoms with E-state index >= 15 is 0 Å². The van der Waals surface area contributed by atoms with Gasteiger partial charge in [-0.1, -0.05) is 60.7 Å². The Morgan fingerprint density at radius 1 is 1.00 bits per heavy atom. The molecule has 4 heteroatoms. The number of ether oxygens (including phenoxy) is 1. The number of carboxylic acid groups (broad SMARTS) is 1. The molecule has 4 nitrogen and oxygen atoms in total. The number of carboxylic acids is 1. The minimum Gasteiger partial charge on any atom is -0.478 e. The summed E-state index contributed by atoms with van der Waals surface area (Å²) in [6.07, 6.45) is 6.05. The highest BCUT2D eigenvalue weighted by atomic mass is 16.5. The molecule has 0 aliphatic carbocycles. The summed E-state index contributed by atoms with van der Waals surface area (Å²) >= 11 is 0. The van der Waals surface area contributed by atoms with E-state index in [0.717, 1.165) is 16.7 Å². The van der Waals surface area contributed by atoms with Crippen LogP contribution < -0.4 is 4.74 Å². The molecule has 0 radical (unpaired) electrons. The van der Waals surface area contributed by atoms with E-state index in [1.807, 2.05) is 66.7 Å². The average molecular weight is 345 g/mol. The van der Waals surface area contributed by atoms with Crippen LogP contribution in [-0.4, -0.2) is 16.1 Å². The number of rotatable bonds is 7. The molecule has 2 aromatic carbocycles. The monoisotopic (exact) mass is 345 g/mol. The van der Waals surface area contributed by atoms with Crippen LogP contribution in [0.5, 0.6) is 5.88 Å². The van der Waals surface area contributed by atoms with Gasteiger partial charge in [0.25, 0.3) is 0 Å². The fourth-order valence-electron chi connectivity index (χ4n) is 2.60. The van der Waals surface area contributed by atoms with Gasteiger partial charge in [-0.05, 0) is 35.7 Å². The third-order valence-corrected chi connectivity index (χ3v) is 3.90. The molecule has 1 heterocycles. The second-order valence-corrected chi connectivity index (χ2v) is 5.74. The second-order valence-electron chi connectivity index (χ2n) is 5.74. The van der Waals surface area contributed by atoms with E-state index in [0.29, 0.717) is 24.5 Å². The van der Waals surface area contributed by atoms with E-state index in [9.17, 15) is 9.90 Å². The molecule has 0 saturated carbocycles. The summed E-state index contributed by atoms with van der Waals surface area (Å²) in [6.45, 7) is 0.445. The summed E-state index contributed by atoms with van der Waals surface area (Å²) in [5, 5.41) is 9.25. The number of aromatic carboxylic acids is 1. The van der Waals surface area contributed by atoms with Gasteiger partial charge in [0.2, 0.25) is 5.88 Å². The highest BCUT2D eigenvalue weighted by Crippen LogP contribution is 2.18. The molecule has 1 aromatic heterocycles. The normalized spacial score (nSPS) is 10.8. The molecule has 3 aromatic rings. The number of pyridine rings is 1. The van der Waals surface area contributed by atoms with Crippen molar-refractivity contribution in [2.24, 2.45) is 0 Å². The first-order chi connectivity index (χ1) is 12.7. The Labute approximate surface area is 152 Å². The average Bonchev–Trinajstić information content (AvgIpc) is 2.68. The SMILES string of the molecule is O=C(O)c1ccccc1CC=Cc1cccnc1OCc1ccccc1. The van der Waals surface area contributed by atoms with Gasteiger partial charge in [-0.25, -0.2) is 9.78 Å². The number of hydrogen-bond acceptors (Lipinski definition) is 3. The topological polar surface area (TPSA) is 59.4 Å². The summed E-state index contributed by atoms with van der Waals surface area (Å²) in [6, 6.07) is 20.7. The molecule has 0 aliphatic rings. The molecular formula is C22H19NO3. The van der Waals surface area contributed by atoms with Gasteiger partial charge >= 0.3 is 5.97 Å². The van der Waals surface area contributed by atoms with E-state index in [-0.39, 0.29) is 0 Å². The number of benzene rings is 2. The molecule has 130 valence electrons. The van der Waals surface area contributed by atoms with Crippen molar-refractivity contribution in [3.05, 3.63) is 101 Å². The van der Waals surface area contributed by atoms with Crippen molar-refractivity contribution >= 4 is 12.0 Å². The maximum absolute atomic E-state index is 11.3. The number of hydrogen-bond donors (Lipinski definition) is 1. The molecule has 0 atom stereocenters. The van der Waals surface area contributed by atoms with Crippen LogP contribution in [0.4, 0.5) is 0 Å². The van der Waals surface area contributed by atoms with Crippen molar-refractivity contribution in [2.45, 2.75) is 13.0 Å². The summed E-state index contributed by atoms with van der Waals surface area (Å²) in [5.74, 6) is -0.360. The van der Waals surface area contributed by atoms with Crippen LogP contribution in [0.1, 0.15) is 27.0 Å². The number of nitrogens with zero attached hydrogens (tertiary/aromatic N) is 1. The van der Waals surface area contributed by atoms with E-state index in [2.05, 4.69) is 4.98 Å². The van der Waals surface area contributed by atoms with Crippen molar-refractivity contribution in [2.75, 3.05) is 0 Å². The first-order valence-electron chi connectivity index (χ1n) is 8.33. The molecule has 0 fully saturated rings. The van der Waals surface area contributed by atoms with Crippen LogP contribution in [0, 0.1) is 0 Å². The van der Waals surface area contributed by atoms with E-state index < -0.39 is 5.97 Å². The summed E-state index contributed by atoms with van der Waals surface area (Å²) < 4.78 is 5.83. The van der Waals surface area contributed by atoms with E-state index in [4.69, 9.17) is 4.74 Å². The van der Waals surface area contributed by atoms with Crippen molar-refractivity contribution in [1.82, 2.24) is 4.98 Å². The Bertz CT molecular complexity index is 904. The standard InChI is InChI=1S/C22H19NO3/c24-22(25)20-14-5-4-10-18(20)11-6-12-19-13-7-15-23-21(19)26-16-17-8-2-1-3-9-17/h1-10,12-15H,11,16H2,(H,24,25). The fourth-order valence-corrected chi connectivity index (χ4v) is 2.60. The van der Waals surface area contributed by atoms with Gasteiger partial charge in [0.05, 0.1) is 5.56 Å².